The van der Waals surface area contributed by atoms with E-state index in [1.807, 2.05) is 12.1 Å². The van der Waals surface area contributed by atoms with Gasteiger partial charge >= 0.3 is 0 Å². The van der Waals surface area contributed by atoms with Crippen LogP contribution in [0.25, 0.3) is 10.9 Å². The number of nitrogens with one attached hydrogen (secondary N) is 2. The van der Waals surface area contributed by atoms with Gasteiger partial charge in [-0.2, -0.15) is 11.8 Å². The lowest BCUT2D eigenvalue weighted by atomic mass is 10.1. The standard InChI is InChI=1S/C13H17N3OS/c1-18-6-2-5-15-13(17)11-8-16-12-7-9(14)3-4-10(11)12/h3-4,7-8,16H,2,5-6,14H2,1H3,(H,15,17). The van der Waals surface area contributed by atoms with E-state index >= 15 is 0 Å². The third-order valence-electron chi connectivity index (χ3n) is 2.76. The van der Waals surface area contributed by atoms with Crippen molar-refractivity contribution in [3.05, 3.63) is 30.0 Å². The molecule has 0 radical (unpaired) electrons. The van der Waals surface area contributed by atoms with Crippen molar-refractivity contribution in [1.82, 2.24) is 10.3 Å². The summed E-state index contributed by atoms with van der Waals surface area (Å²) < 4.78 is 0. The summed E-state index contributed by atoms with van der Waals surface area (Å²) in [5, 5.41) is 3.83. The van der Waals surface area contributed by atoms with Crippen molar-refractivity contribution in [1.29, 1.82) is 0 Å². The molecule has 0 aliphatic rings. The zero-order chi connectivity index (χ0) is 13.0. The van der Waals surface area contributed by atoms with Crippen LogP contribution in [0.1, 0.15) is 16.8 Å². The lowest BCUT2D eigenvalue weighted by molar-refractivity contribution is 0.0955. The highest BCUT2D eigenvalue weighted by atomic mass is 32.2. The molecule has 0 aliphatic carbocycles. The Balaban J connectivity index is 2.08. The molecule has 18 heavy (non-hydrogen) atoms. The van der Waals surface area contributed by atoms with Crippen LogP contribution in [0.15, 0.2) is 24.4 Å². The third kappa shape index (κ3) is 2.79. The highest BCUT2D eigenvalue weighted by Crippen LogP contribution is 2.20. The quantitative estimate of drug-likeness (QED) is 0.572. The van der Waals surface area contributed by atoms with Gasteiger partial charge in [-0.05, 0) is 36.6 Å². The molecular weight excluding hydrogens is 246 g/mol. The summed E-state index contributed by atoms with van der Waals surface area (Å²) in [5.41, 5.74) is 7.96. The number of carbonyl (C=O) groups is 1. The minimum atomic E-state index is -0.0351. The number of nitrogens with two attached hydrogens (primary N) is 1. The monoisotopic (exact) mass is 263 g/mol. The maximum absolute atomic E-state index is 12.0. The van der Waals surface area contributed by atoms with Crippen LogP contribution in [0.3, 0.4) is 0 Å². The molecule has 5 heteroatoms. The number of carbonyl (C=O) groups excluding carboxylic acids is 1. The lowest BCUT2D eigenvalue weighted by Crippen LogP contribution is -2.24. The predicted octanol–water partition coefficient (Wildman–Crippen LogP) is 2.23. The van der Waals surface area contributed by atoms with E-state index in [1.54, 1.807) is 24.0 Å². The zero-order valence-electron chi connectivity index (χ0n) is 10.3. The fraction of sp³-hybridized carbons (Fsp3) is 0.308. The Labute approximate surface area is 110 Å². The number of aromatic amines is 1. The molecular formula is C13H17N3OS. The molecule has 1 aromatic carbocycles. The number of anilines is 1. The first-order valence-electron chi connectivity index (χ1n) is 5.86. The molecule has 0 saturated heterocycles. The summed E-state index contributed by atoms with van der Waals surface area (Å²) in [5.74, 6) is 1.03. The molecule has 96 valence electrons. The molecule has 2 rings (SSSR count). The summed E-state index contributed by atoms with van der Waals surface area (Å²) in [6.07, 6.45) is 4.78. The molecule has 2 aromatic rings. The number of hydrogen-bond donors (Lipinski definition) is 3. The Kier molecular flexibility index (Phi) is 4.15. The van der Waals surface area contributed by atoms with E-state index < -0.39 is 0 Å². The van der Waals surface area contributed by atoms with Crippen LogP contribution in [0.4, 0.5) is 5.69 Å². The van der Waals surface area contributed by atoms with Crippen LogP contribution in [0.2, 0.25) is 0 Å². The van der Waals surface area contributed by atoms with E-state index in [1.165, 1.54) is 0 Å². The second-order valence-corrected chi connectivity index (χ2v) is 5.10. The smallest absolute Gasteiger partial charge is 0.253 e. The van der Waals surface area contributed by atoms with E-state index in [4.69, 9.17) is 5.73 Å². The van der Waals surface area contributed by atoms with Crippen LogP contribution < -0.4 is 11.1 Å². The minimum absolute atomic E-state index is 0.0351. The van der Waals surface area contributed by atoms with Crippen LogP contribution in [-0.4, -0.2) is 29.4 Å². The summed E-state index contributed by atoms with van der Waals surface area (Å²) in [6, 6.07) is 5.51. The number of rotatable bonds is 5. The van der Waals surface area contributed by atoms with Crippen molar-refractivity contribution in [3.8, 4) is 0 Å². The summed E-state index contributed by atoms with van der Waals surface area (Å²) in [7, 11) is 0. The molecule has 0 saturated carbocycles. The Morgan fingerprint density at radius 3 is 3.11 bits per heavy atom. The van der Waals surface area contributed by atoms with Gasteiger partial charge in [0.25, 0.3) is 5.91 Å². The van der Waals surface area contributed by atoms with Crippen LogP contribution in [-0.2, 0) is 0 Å². The van der Waals surface area contributed by atoms with Gasteiger partial charge in [0, 0.05) is 29.3 Å². The number of thioether (sulfide) groups is 1. The number of nitrogen functional groups attached to an aromatic ring is 1. The van der Waals surface area contributed by atoms with Crippen molar-refractivity contribution >= 4 is 34.3 Å². The van der Waals surface area contributed by atoms with Gasteiger partial charge in [-0.15, -0.1) is 0 Å². The highest BCUT2D eigenvalue weighted by Gasteiger charge is 2.11. The van der Waals surface area contributed by atoms with E-state index in [2.05, 4.69) is 16.6 Å². The summed E-state index contributed by atoms with van der Waals surface area (Å²) in [6.45, 7) is 0.710. The van der Waals surface area contributed by atoms with Crippen molar-refractivity contribution in [3.63, 3.8) is 0 Å². The number of aromatic nitrogens is 1. The van der Waals surface area contributed by atoms with Crippen molar-refractivity contribution < 1.29 is 4.79 Å². The molecule has 0 atom stereocenters. The molecule has 4 N–H and O–H groups in total. The molecule has 0 aliphatic heterocycles. The van der Waals surface area contributed by atoms with Gasteiger partial charge in [0.1, 0.15) is 0 Å². The lowest BCUT2D eigenvalue weighted by Gasteiger charge is -2.03. The van der Waals surface area contributed by atoms with Crippen molar-refractivity contribution in [2.75, 3.05) is 24.3 Å². The fourth-order valence-electron chi connectivity index (χ4n) is 1.85. The van der Waals surface area contributed by atoms with E-state index in [9.17, 15) is 4.79 Å². The van der Waals surface area contributed by atoms with Crippen molar-refractivity contribution in [2.24, 2.45) is 0 Å². The molecule has 0 bridgehead atoms. The molecule has 1 heterocycles. The van der Waals surface area contributed by atoms with Gasteiger partial charge in [-0.3, -0.25) is 4.79 Å². The van der Waals surface area contributed by atoms with Crippen LogP contribution in [0.5, 0.6) is 0 Å². The number of hydrogen-bond acceptors (Lipinski definition) is 3. The number of amides is 1. The summed E-state index contributed by atoms with van der Waals surface area (Å²) in [4.78, 5) is 15.1. The maximum atomic E-state index is 12.0. The normalized spacial score (nSPS) is 10.7. The molecule has 1 amide bonds. The molecule has 0 unspecified atom stereocenters. The van der Waals surface area contributed by atoms with Gasteiger partial charge in [0.2, 0.25) is 0 Å². The maximum Gasteiger partial charge on any atom is 0.253 e. The van der Waals surface area contributed by atoms with Crippen LogP contribution in [0, 0.1) is 0 Å². The minimum Gasteiger partial charge on any atom is -0.399 e. The number of H-pyrrole nitrogens is 1. The second-order valence-electron chi connectivity index (χ2n) is 4.11. The van der Waals surface area contributed by atoms with E-state index in [0.717, 1.165) is 23.1 Å². The van der Waals surface area contributed by atoms with Gasteiger partial charge in [-0.1, -0.05) is 0 Å². The number of benzene rings is 1. The van der Waals surface area contributed by atoms with Crippen LogP contribution >= 0.6 is 11.8 Å². The second kappa shape index (κ2) is 5.82. The van der Waals surface area contributed by atoms with Gasteiger partial charge in [0.15, 0.2) is 0 Å². The van der Waals surface area contributed by atoms with E-state index in [0.29, 0.717) is 17.8 Å². The summed E-state index contributed by atoms with van der Waals surface area (Å²) >= 11 is 1.78. The topological polar surface area (TPSA) is 70.9 Å². The first kappa shape index (κ1) is 12.8. The predicted molar refractivity (Wildman–Crippen MR) is 78.0 cm³/mol. The molecule has 0 fully saturated rings. The number of fused-ring (bicyclic) bond motifs is 1. The molecule has 0 spiro atoms. The Hall–Kier alpha value is -1.62. The Morgan fingerprint density at radius 2 is 2.33 bits per heavy atom. The average molecular weight is 263 g/mol. The highest BCUT2D eigenvalue weighted by molar-refractivity contribution is 7.98. The fourth-order valence-corrected chi connectivity index (χ4v) is 2.28. The average Bonchev–Trinajstić information content (AvgIpc) is 2.77. The van der Waals surface area contributed by atoms with E-state index in [-0.39, 0.29) is 5.91 Å². The Bertz CT molecular complexity index is 550. The van der Waals surface area contributed by atoms with Crippen molar-refractivity contribution in [2.45, 2.75) is 6.42 Å². The molecule has 4 nitrogen and oxygen atoms in total. The third-order valence-corrected chi connectivity index (χ3v) is 3.46. The largest absolute Gasteiger partial charge is 0.399 e. The van der Waals surface area contributed by atoms with Gasteiger partial charge in [-0.25, -0.2) is 0 Å². The molecule has 1 aromatic heterocycles. The first-order chi connectivity index (χ1) is 8.72. The SMILES string of the molecule is CSCCCNC(=O)c1c[nH]c2cc(N)ccc12. The Morgan fingerprint density at radius 1 is 1.50 bits per heavy atom. The first-order valence-corrected chi connectivity index (χ1v) is 7.25. The van der Waals surface area contributed by atoms with Gasteiger partial charge < -0.3 is 16.0 Å². The van der Waals surface area contributed by atoms with Gasteiger partial charge in [0.05, 0.1) is 5.56 Å². The zero-order valence-corrected chi connectivity index (χ0v) is 11.1.